The van der Waals surface area contributed by atoms with Crippen molar-refractivity contribution in [2.45, 2.75) is 45.8 Å². The third-order valence-corrected chi connectivity index (χ3v) is 4.70. The maximum atomic E-state index is 10.4. The number of rotatable bonds is 7. The highest BCUT2D eigenvalue weighted by atomic mass is 16.5. The maximum absolute atomic E-state index is 10.4. The fraction of sp³-hybridized carbons (Fsp3) is 0.812. The summed E-state index contributed by atoms with van der Waals surface area (Å²) in [7, 11) is 2.00. The largest absolute Gasteiger partial charge is 0.389 e. The second-order valence-electron chi connectivity index (χ2n) is 6.15. The Balaban J connectivity index is 2.07. The number of nitrogens with one attached hydrogen (secondary N) is 1. The molecule has 0 spiro atoms. The standard InChI is InChI=1S/C16H30N4O2/c1-5-16(21,6-2)12-17-11-14-13(3)18-19(4)15(14)20-7-9-22-10-8-20/h17,21H,5-12H2,1-4H3. The molecule has 0 atom stereocenters. The molecular weight excluding hydrogens is 280 g/mol. The van der Waals surface area contributed by atoms with Crippen LogP contribution < -0.4 is 10.2 Å². The number of aromatic nitrogens is 2. The van der Waals surface area contributed by atoms with Crippen LogP contribution in [-0.2, 0) is 18.3 Å². The molecule has 0 bridgehead atoms. The van der Waals surface area contributed by atoms with E-state index < -0.39 is 5.60 Å². The van der Waals surface area contributed by atoms with E-state index in [-0.39, 0.29) is 0 Å². The maximum Gasteiger partial charge on any atom is 0.131 e. The van der Waals surface area contributed by atoms with Crippen molar-refractivity contribution in [3.05, 3.63) is 11.3 Å². The van der Waals surface area contributed by atoms with Crippen LogP contribution in [-0.4, -0.2) is 53.3 Å². The molecule has 2 N–H and O–H groups in total. The van der Waals surface area contributed by atoms with Crippen LogP contribution in [0.15, 0.2) is 0 Å². The summed E-state index contributed by atoms with van der Waals surface area (Å²) in [5.74, 6) is 1.17. The fourth-order valence-electron chi connectivity index (χ4n) is 2.99. The highest BCUT2D eigenvalue weighted by Crippen LogP contribution is 2.24. The van der Waals surface area contributed by atoms with Crippen LogP contribution in [0.2, 0.25) is 0 Å². The van der Waals surface area contributed by atoms with Gasteiger partial charge in [-0.1, -0.05) is 13.8 Å². The molecule has 1 aromatic rings. The molecule has 2 rings (SSSR count). The van der Waals surface area contributed by atoms with Crippen molar-refractivity contribution >= 4 is 5.82 Å². The van der Waals surface area contributed by atoms with Gasteiger partial charge in [0.05, 0.1) is 24.5 Å². The van der Waals surface area contributed by atoms with E-state index in [1.807, 2.05) is 32.5 Å². The Labute approximate surface area is 133 Å². The summed E-state index contributed by atoms with van der Waals surface area (Å²) in [4.78, 5) is 2.34. The Bertz CT molecular complexity index is 477. The Hall–Kier alpha value is -1.11. The molecule has 6 heteroatoms. The Morgan fingerprint density at radius 1 is 1.27 bits per heavy atom. The van der Waals surface area contributed by atoms with E-state index in [9.17, 15) is 5.11 Å². The van der Waals surface area contributed by atoms with Crippen molar-refractivity contribution in [2.24, 2.45) is 7.05 Å². The molecular formula is C16H30N4O2. The van der Waals surface area contributed by atoms with Gasteiger partial charge in [-0.15, -0.1) is 0 Å². The SMILES string of the molecule is CCC(O)(CC)CNCc1c(C)nn(C)c1N1CCOCC1. The van der Waals surface area contributed by atoms with E-state index in [2.05, 4.69) is 15.3 Å². The minimum atomic E-state index is -0.616. The van der Waals surface area contributed by atoms with Gasteiger partial charge in [-0.2, -0.15) is 5.10 Å². The van der Waals surface area contributed by atoms with Crippen molar-refractivity contribution in [1.82, 2.24) is 15.1 Å². The summed E-state index contributed by atoms with van der Waals surface area (Å²) < 4.78 is 7.40. The number of hydrogen-bond acceptors (Lipinski definition) is 5. The minimum absolute atomic E-state index is 0.608. The molecule has 0 aliphatic carbocycles. The smallest absolute Gasteiger partial charge is 0.131 e. The predicted octanol–water partition coefficient (Wildman–Crippen LogP) is 1.21. The van der Waals surface area contributed by atoms with Crippen LogP contribution >= 0.6 is 0 Å². The van der Waals surface area contributed by atoms with Crippen LogP contribution in [0.5, 0.6) is 0 Å². The van der Waals surface area contributed by atoms with E-state index in [0.29, 0.717) is 6.54 Å². The molecule has 1 aromatic heterocycles. The van der Waals surface area contributed by atoms with Gasteiger partial charge in [0, 0.05) is 38.8 Å². The lowest BCUT2D eigenvalue weighted by Gasteiger charge is -2.30. The van der Waals surface area contributed by atoms with E-state index in [1.165, 1.54) is 11.4 Å². The Morgan fingerprint density at radius 2 is 1.91 bits per heavy atom. The summed E-state index contributed by atoms with van der Waals surface area (Å²) >= 11 is 0. The van der Waals surface area contributed by atoms with Gasteiger partial charge in [-0.3, -0.25) is 4.68 Å². The lowest BCUT2D eigenvalue weighted by Crippen LogP contribution is -2.40. The fourth-order valence-corrected chi connectivity index (χ4v) is 2.99. The zero-order valence-electron chi connectivity index (χ0n) is 14.4. The van der Waals surface area contributed by atoms with E-state index in [4.69, 9.17) is 4.74 Å². The highest BCUT2D eigenvalue weighted by Gasteiger charge is 2.24. The molecule has 1 fully saturated rings. The van der Waals surface area contributed by atoms with Gasteiger partial charge in [0.25, 0.3) is 0 Å². The first kappa shape index (κ1) is 17.2. The molecule has 1 aliphatic rings. The highest BCUT2D eigenvalue weighted by molar-refractivity contribution is 5.50. The van der Waals surface area contributed by atoms with E-state index in [0.717, 1.165) is 51.4 Å². The topological polar surface area (TPSA) is 62.5 Å². The number of ether oxygens (including phenoxy) is 1. The first-order valence-corrected chi connectivity index (χ1v) is 8.29. The average Bonchev–Trinajstić information content (AvgIpc) is 2.82. The quantitative estimate of drug-likeness (QED) is 0.792. The zero-order chi connectivity index (χ0) is 16.2. The number of nitrogens with zero attached hydrogens (tertiary/aromatic N) is 3. The molecule has 1 saturated heterocycles. The normalized spacial score (nSPS) is 16.3. The van der Waals surface area contributed by atoms with Crippen molar-refractivity contribution < 1.29 is 9.84 Å². The van der Waals surface area contributed by atoms with Gasteiger partial charge in [-0.25, -0.2) is 0 Å². The molecule has 0 aromatic carbocycles. The summed E-state index contributed by atoms with van der Waals surface area (Å²) in [6.45, 7) is 10.8. The summed E-state index contributed by atoms with van der Waals surface area (Å²) in [6.07, 6.45) is 1.53. The summed E-state index contributed by atoms with van der Waals surface area (Å²) in [6, 6.07) is 0. The number of hydrogen-bond donors (Lipinski definition) is 2. The molecule has 0 saturated carbocycles. The molecule has 22 heavy (non-hydrogen) atoms. The Morgan fingerprint density at radius 3 is 2.50 bits per heavy atom. The van der Waals surface area contributed by atoms with Crippen LogP contribution in [0.25, 0.3) is 0 Å². The lowest BCUT2D eigenvalue weighted by atomic mass is 9.97. The average molecular weight is 310 g/mol. The lowest BCUT2D eigenvalue weighted by molar-refractivity contribution is 0.0323. The van der Waals surface area contributed by atoms with Gasteiger partial charge < -0.3 is 20.1 Å². The summed E-state index contributed by atoms with van der Waals surface area (Å²) in [5.41, 5.74) is 1.65. The van der Waals surface area contributed by atoms with Gasteiger partial charge >= 0.3 is 0 Å². The van der Waals surface area contributed by atoms with Crippen molar-refractivity contribution in [3.63, 3.8) is 0 Å². The number of aliphatic hydroxyl groups is 1. The number of anilines is 1. The molecule has 0 amide bonds. The molecule has 0 unspecified atom stereocenters. The first-order chi connectivity index (χ1) is 10.5. The first-order valence-electron chi connectivity index (χ1n) is 8.29. The third-order valence-electron chi connectivity index (χ3n) is 4.70. The molecule has 2 heterocycles. The monoisotopic (exact) mass is 310 g/mol. The van der Waals surface area contributed by atoms with Crippen LogP contribution in [0.4, 0.5) is 5.82 Å². The molecule has 0 radical (unpaired) electrons. The minimum Gasteiger partial charge on any atom is -0.389 e. The van der Waals surface area contributed by atoms with Gasteiger partial charge in [-0.05, 0) is 19.8 Å². The number of morpholine rings is 1. The van der Waals surface area contributed by atoms with Gasteiger partial charge in [0.15, 0.2) is 0 Å². The molecule has 1 aliphatic heterocycles. The predicted molar refractivity (Wildman–Crippen MR) is 88.2 cm³/mol. The van der Waals surface area contributed by atoms with Crippen molar-refractivity contribution in [3.8, 4) is 0 Å². The second-order valence-corrected chi connectivity index (χ2v) is 6.15. The Kier molecular flexibility index (Phi) is 5.83. The zero-order valence-corrected chi connectivity index (χ0v) is 14.4. The van der Waals surface area contributed by atoms with Gasteiger partial charge in [0.2, 0.25) is 0 Å². The number of aryl methyl sites for hydroxylation is 2. The summed E-state index contributed by atoms with van der Waals surface area (Å²) in [5, 5.41) is 18.4. The van der Waals surface area contributed by atoms with Crippen LogP contribution in [0.3, 0.4) is 0 Å². The van der Waals surface area contributed by atoms with E-state index >= 15 is 0 Å². The van der Waals surface area contributed by atoms with Crippen LogP contribution in [0, 0.1) is 6.92 Å². The third kappa shape index (κ3) is 3.80. The molecule has 126 valence electrons. The second kappa shape index (κ2) is 7.44. The van der Waals surface area contributed by atoms with Crippen molar-refractivity contribution in [2.75, 3.05) is 37.7 Å². The van der Waals surface area contributed by atoms with E-state index in [1.54, 1.807) is 0 Å². The van der Waals surface area contributed by atoms with Crippen molar-refractivity contribution in [1.29, 1.82) is 0 Å². The van der Waals surface area contributed by atoms with Gasteiger partial charge in [0.1, 0.15) is 5.82 Å². The molecule has 6 nitrogen and oxygen atoms in total. The van der Waals surface area contributed by atoms with Crippen LogP contribution in [0.1, 0.15) is 37.9 Å².